The number of amides is 1. The van der Waals surface area contributed by atoms with Crippen LogP contribution in [0.2, 0.25) is 0 Å². The molecular weight excluding hydrogens is 142 g/mol. The van der Waals surface area contributed by atoms with E-state index in [2.05, 4.69) is 12.4 Å². The van der Waals surface area contributed by atoms with Crippen molar-refractivity contribution in [3.05, 3.63) is 0 Å². The quantitative estimate of drug-likeness (QED) is 0.563. The molecule has 1 heterocycles. The molecule has 0 aromatic carbocycles. The van der Waals surface area contributed by atoms with Crippen molar-refractivity contribution in [2.45, 2.75) is 32.3 Å². The Bertz CT molecular complexity index is 181. The maximum Gasteiger partial charge on any atom is 0.249 e. The Morgan fingerprint density at radius 2 is 2.36 bits per heavy atom. The van der Waals surface area contributed by atoms with E-state index in [1.165, 1.54) is 6.42 Å². The highest BCUT2D eigenvalue weighted by Gasteiger charge is 2.39. The maximum atomic E-state index is 11.1. The molecule has 1 saturated carbocycles. The lowest BCUT2D eigenvalue weighted by atomic mass is 9.80. The minimum atomic E-state index is 0.0848. The Hall–Kier alpha value is -0.570. The van der Waals surface area contributed by atoms with Crippen LogP contribution in [0.3, 0.4) is 0 Å². The third-order valence-corrected chi connectivity index (χ3v) is 2.70. The van der Waals surface area contributed by atoms with Gasteiger partial charge in [-0.25, -0.2) is 5.48 Å². The van der Waals surface area contributed by atoms with Gasteiger partial charge >= 0.3 is 0 Å². The van der Waals surface area contributed by atoms with Crippen molar-refractivity contribution in [2.24, 2.45) is 11.8 Å². The van der Waals surface area contributed by atoms with Crippen molar-refractivity contribution in [1.29, 1.82) is 0 Å². The fourth-order valence-electron chi connectivity index (χ4n) is 1.98. The van der Waals surface area contributed by atoms with Gasteiger partial charge in [0.05, 0.1) is 12.0 Å². The van der Waals surface area contributed by atoms with Crippen molar-refractivity contribution in [3.8, 4) is 0 Å². The molecule has 3 heteroatoms. The fourth-order valence-corrected chi connectivity index (χ4v) is 1.98. The largest absolute Gasteiger partial charge is 0.272 e. The molecule has 3 atom stereocenters. The van der Waals surface area contributed by atoms with Crippen molar-refractivity contribution in [3.63, 3.8) is 0 Å². The molecule has 0 aromatic heterocycles. The summed E-state index contributed by atoms with van der Waals surface area (Å²) in [6, 6.07) is 0. The molecule has 11 heavy (non-hydrogen) atoms. The van der Waals surface area contributed by atoms with Crippen LogP contribution < -0.4 is 5.48 Å². The summed E-state index contributed by atoms with van der Waals surface area (Å²) in [5, 5.41) is 0. The third-order valence-electron chi connectivity index (χ3n) is 2.70. The van der Waals surface area contributed by atoms with Crippen LogP contribution in [-0.4, -0.2) is 12.0 Å². The number of nitrogens with one attached hydrogen (secondary N) is 1. The topological polar surface area (TPSA) is 38.3 Å². The van der Waals surface area contributed by atoms with Crippen molar-refractivity contribution >= 4 is 5.91 Å². The molecule has 0 spiro atoms. The van der Waals surface area contributed by atoms with Gasteiger partial charge in [0, 0.05) is 0 Å². The Labute approximate surface area is 66.1 Å². The van der Waals surface area contributed by atoms with E-state index in [1.54, 1.807) is 0 Å². The van der Waals surface area contributed by atoms with Gasteiger partial charge in [-0.3, -0.25) is 9.63 Å². The third kappa shape index (κ3) is 1.13. The molecule has 1 saturated heterocycles. The summed E-state index contributed by atoms with van der Waals surface area (Å²) in [6.07, 6.45) is 3.38. The van der Waals surface area contributed by atoms with Gasteiger partial charge in [0.1, 0.15) is 0 Å². The molecule has 1 amide bonds. The first-order chi connectivity index (χ1) is 5.27. The number of fused-ring (bicyclic) bond motifs is 1. The lowest BCUT2D eigenvalue weighted by Gasteiger charge is -2.25. The van der Waals surface area contributed by atoms with Gasteiger partial charge in [0.25, 0.3) is 0 Å². The number of carbonyl (C=O) groups excluding carboxylic acids is 1. The molecule has 2 fully saturated rings. The zero-order chi connectivity index (χ0) is 7.84. The van der Waals surface area contributed by atoms with E-state index in [0.29, 0.717) is 5.92 Å². The summed E-state index contributed by atoms with van der Waals surface area (Å²) in [5.74, 6) is 0.906. The van der Waals surface area contributed by atoms with Crippen LogP contribution in [-0.2, 0) is 9.63 Å². The second kappa shape index (κ2) is 2.48. The summed E-state index contributed by atoms with van der Waals surface area (Å²) in [4.78, 5) is 16.2. The molecule has 3 nitrogen and oxygen atoms in total. The molecule has 0 radical (unpaired) electrons. The minimum Gasteiger partial charge on any atom is -0.272 e. The van der Waals surface area contributed by atoms with E-state index >= 15 is 0 Å². The zero-order valence-electron chi connectivity index (χ0n) is 6.67. The number of carbonyl (C=O) groups is 1. The number of hydroxylamine groups is 1. The van der Waals surface area contributed by atoms with Crippen LogP contribution in [0.1, 0.15) is 26.2 Å². The monoisotopic (exact) mass is 155 g/mol. The molecule has 62 valence electrons. The summed E-state index contributed by atoms with van der Waals surface area (Å²) in [6.45, 7) is 2.20. The average Bonchev–Trinajstić information content (AvgIpc) is 2.33. The van der Waals surface area contributed by atoms with Crippen LogP contribution in [0, 0.1) is 11.8 Å². The molecule has 2 aliphatic rings. The first-order valence-corrected chi connectivity index (χ1v) is 4.23. The lowest BCUT2D eigenvalue weighted by molar-refractivity contribution is -0.126. The Kier molecular flexibility index (Phi) is 1.60. The van der Waals surface area contributed by atoms with Crippen LogP contribution in [0.15, 0.2) is 0 Å². The number of hydrogen-bond donors (Lipinski definition) is 1. The molecule has 2 rings (SSSR count). The Balaban J connectivity index is 2.07. The van der Waals surface area contributed by atoms with E-state index in [1.807, 2.05) is 0 Å². The van der Waals surface area contributed by atoms with E-state index in [-0.39, 0.29) is 17.9 Å². The second-order valence-electron chi connectivity index (χ2n) is 3.65. The predicted octanol–water partition coefficient (Wildman–Crippen LogP) is 0.853. The van der Waals surface area contributed by atoms with Crippen molar-refractivity contribution in [2.75, 3.05) is 0 Å². The predicted molar refractivity (Wildman–Crippen MR) is 39.5 cm³/mol. The van der Waals surface area contributed by atoms with Gasteiger partial charge in [0.2, 0.25) is 5.91 Å². The molecule has 0 aromatic rings. The molecule has 1 aliphatic heterocycles. The lowest BCUT2D eigenvalue weighted by Crippen LogP contribution is -2.28. The van der Waals surface area contributed by atoms with Crippen LogP contribution in [0.5, 0.6) is 0 Å². The van der Waals surface area contributed by atoms with Crippen LogP contribution in [0.25, 0.3) is 0 Å². The van der Waals surface area contributed by atoms with Crippen molar-refractivity contribution < 1.29 is 9.63 Å². The van der Waals surface area contributed by atoms with E-state index in [9.17, 15) is 4.79 Å². The van der Waals surface area contributed by atoms with Gasteiger partial charge in [0.15, 0.2) is 0 Å². The van der Waals surface area contributed by atoms with Gasteiger partial charge in [-0.05, 0) is 25.2 Å². The van der Waals surface area contributed by atoms with Crippen molar-refractivity contribution in [1.82, 2.24) is 5.48 Å². The molecular formula is C8H13NO2. The Morgan fingerprint density at radius 1 is 1.55 bits per heavy atom. The van der Waals surface area contributed by atoms with Gasteiger partial charge in [-0.1, -0.05) is 6.92 Å². The summed E-state index contributed by atoms with van der Waals surface area (Å²) < 4.78 is 0. The highest BCUT2D eigenvalue weighted by atomic mass is 16.7. The van der Waals surface area contributed by atoms with E-state index in [4.69, 9.17) is 4.84 Å². The number of rotatable bonds is 0. The second-order valence-corrected chi connectivity index (χ2v) is 3.65. The van der Waals surface area contributed by atoms with Crippen LogP contribution in [0.4, 0.5) is 0 Å². The average molecular weight is 155 g/mol. The first-order valence-electron chi connectivity index (χ1n) is 4.23. The van der Waals surface area contributed by atoms with E-state index < -0.39 is 0 Å². The van der Waals surface area contributed by atoms with Gasteiger partial charge in [-0.15, -0.1) is 0 Å². The minimum absolute atomic E-state index is 0.0848. The standard InChI is InChI=1S/C8H13NO2/c1-5-2-3-7-6(4-5)8(10)9-11-7/h5-7H,2-4H2,1H3,(H,9,10). The summed E-state index contributed by atoms with van der Waals surface area (Å²) >= 11 is 0. The first kappa shape index (κ1) is 7.10. The molecule has 1 aliphatic carbocycles. The molecule has 1 N–H and O–H groups in total. The molecule has 3 unspecified atom stereocenters. The highest BCUT2D eigenvalue weighted by molar-refractivity contribution is 5.79. The summed E-state index contributed by atoms with van der Waals surface area (Å²) in [7, 11) is 0. The van der Waals surface area contributed by atoms with Gasteiger partial charge < -0.3 is 0 Å². The summed E-state index contributed by atoms with van der Waals surface area (Å²) in [5.41, 5.74) is 2.44. The van der Waals surface area contributed by atoms with Gasteiger partial charge in [-0.2, -0.15) is 0 Å². The van der Waals surface area contributed by atoms with E-state index in [0.717, 1.165) is 12.8 Å². The zero-order valence-corrected chi connectivity index (χ0v) is 6.67. The van der Waals surface area contributed by atoms with Crippen LogP contribution >= 0.6 is 0 Å². The fraction of sp³-hybridized carbons (Fsp3) is 0.875. The molecule has 0 bridgehead atoms. The SMILES string of the molecule is CC1CCC2ONC(=O)C2C1. The number of hydrogen-bond acceptors (Lipinski definition) is 2. The highest BCUT2D eigenvalue weighted by Crippen LogP contribution is 2.33. The Morgan fingerprint density at radius 3 is 3.18 bits per heavy atom. The maximum absolute atomic E-state index is 11.1. The normalized spacial score (nSPS) is 43.4. The smallest absolute Gasteiger partial charge is 0.249 e.